The van der Waals surface area contributed by atoms with Crippen LogP contribution in [0.3, 0.4) is 0 Å². The maximum atomic E-state index is 12.2. The minimum atomic E-state index is -0.102. The average Bonchev–Trinajstić information content (AvgIpc) is 2.81. The van der Waals surface area contributed by atoms with E-state index in [0.717, 1.165) is 19.3 Å². The van der Waals surface area contributed by atoms with E-state index in [1.165, 1.54) is 6.20 Å². The second kappa shape index (κ2) is 4.63. The minimum absolute atomic E-state index is 0.102. The van der Waals surface area contributed by atoms with E-state index < -0.39 is 0 Å². The first-order valence-corrected chi connectivity index (χ1v) is 6.55. The molecule has 0 aliphatic heterocycles. The number of nitrogens with one attached hydrogen (secondary N) is 1. The highest BCUT2D eigenvalue weighted by Crippen LogP contribution is 2.37. The minimum Gasteiger partial charge on any atom is -0.396 e. The molecule has 1 unspecified atom stereocenters. The van der Waals surface area contributed by atoms with Crippen molar-refractivity contribution >= 4 is 11.6 Å². The van der Waals surface area contributed by atoms with Gasteiger partial charge in [0, 0.05) is 12.6 Å². The molecule has 5 nitrogen and oxygen atoms in total. The van der Waals surface area contributed by atoms with Crippen molar-refractivity contribution in [3.05, 3.63) is 11.9 Å². The quantitative estimate of drug-likeness (QED) is 0.859. The van der Waals surface area contributed by atoms with Crippen molar-refractivity contribution in [2.45, 2.75) is 52.6 Å². The number of carbonyl (C=O) groups is 1. The normalized spacial score (nSPS) is 22.1. The Hall–Kier alpha value is -1.52. The van der Waals surface area contributed by atoms with E-state index in [1.54, 1.807) is 4.68 Å². The third kappa shape index (κ3) is 2.49. The second-order valence-corrected chi connectivity index (χ2v) is 5.84. The summed E-state index contributed by atoms with van der Waals surface area (Å²) < 4.78 is 1.64. The molecule has 1 aromatic rings. The Morgan fingerprint density at radius 3 is 2.94 bits per heavy atom. The topological polar surface area (TPSA) is 72.9 Å². The largest absolute Gasteiger partial charge is 0.396 e. The number of anilines is 1. The van der Waals surface area contributed by atoms with Crippen molar-refractivity contribution in [3.8, 4) is 0 Å². The number of nitrogens with zero attached hydrogens (tertiary/aromatic N) is 2. The molecule has 0 radical (unpaired) electrons. The van der Waals surface area contributed by atoms with Crippen LogP contribution in [-0.2, 0) is 6.54 Å². The van der Waals surface area contributed by atoms with E-state index in [4.69, 9.17) is 5.73 Å². The molecule has 0 bridgehead atoms. The average molecular weight is 250 g/mol. The first-order valence-electron chi connectivity index (χ1n) is 6.55. The third-order valence-electron chi connectivity index (χ3n) is 3.69. The molecule has 18 heavy (non-hydrogen) atoms. The Kier molecular flexibility index (Phi) is 3.32. The fourth-order valence-corrected chi connectivity index (χ4v) is 2.70. The van der Waals surface area contributed by atoms with E-state index >= 15 is 0 Å². The first-order chi connectivity index (χ1) is 8.43. The molecule has 0 aromatic carbocycles. The summed E-state index contributed by atoms with van der Waals surface area (Å²) in [4.78, 5) is 12.2. The molecule has 1 heterocycles. The molecule has 1 aliphatic rings. The Morgan fingerprint density at radius 1 is 1.67 bits per heavy atom. The van der Waals surface area contributed by atoms with Crippen LogP contribution in [0, 0.1) is 5.41 Å². The summed E-state index contributed by atoms with van der Waals surface area (Å²) in [6.45, 7) is 7.08. The maximum Gasteiger partial charge on any atom is 0.271 e. The summed E-state index contributed by atoms with van der Waals surface area (Å²) in [6, 6.07) is 0.257. The molecule has 1 saturated carbocycles. The lowest BCUT2D eigenvalue weighted by Crippen LogP contribution is -2.35. The summed E-state index contributed by atoms with van der Waals surface area (Å²) >= 11 is 0. The van der Waals surface area contributed by atoms with Gasteiger partial charge in [0.15, 0.2) is 0 Å². The van der Waals surface area contributed by atoms with Gasteiger partial charge < -0.3 is 11.1 Å². The van der Waals surface area contributed by atoms with Crippen molar-refractivity contribution in [1.82, 2.24) is 15.1 Å². The van der Waals surface area contributed by atoms with Gasteiger partial charge >= 0.3 is 0 Å². The van der Waals surface area contributed by atoms with Crippen LogP contribution in [0.5, 0.6) is 0 Å². The van der Waals surface area contributed by atoms with Gasteiger partial charge in [0.1, 0.15) is 5.69 Å². The van der Waals surface area contributed by atoms with Gasteiger partial charge in [0.2, 0.25) is 0 Å². The summed E-state index contributed by atoms with van der Waals surface area (Å²) in [6.07, 6.45) is 4.76. The molecule has 1 atom stereocenters. The van der Waals surface area contributed by atoms with E-state index in [0.29, 0.717) is 23.3 Å². The standard InChI is InChI=1S/C13H22N4O/c1-4-17-11(10(14)8-15-17)12(18)16-9-5-6-13(2,3)7-9/h8-9H,4-7,14H2,1-3H3,(H,16,18). The summed E-state index contributed by atoms with van der Waals surface area (Å²) in [7, 11) is 0. The van der Waals surface area contributed by atoms with Crippen molar-refractivity contribution in [2.75, 3.05) is 5.73 Å². The van der Waals surface area contributed by atoms with Gasteiger partial charge in [0.05, 0.1) is 11.9 Å². The molecule has 2 rings (SSSR count). The fraction of sp³-hybridized carbons (Fsp3) is 0.692. The highest BCUT2D eigenvalue weighted by atomic mass is 16.2. The number of hydrogen-bond donors (Lipinski definition) is 2. The molecular weight excluding hydrogens is 228 g/mol. The SMILES string of the molecule is CCn1ncc(N)c1C(=O)NC1CCC(C)(C)C1. The van der Waals surface area contributed by atoms with Gasteiger partial charge in [-0.2, -0.15) is 5.10 Å². The van der Waals surface area contributed by atoms with Crippen molar-refractivity contribution in [1.29, 1.82) is 0 Å². The van der Waals surface area contributed by atoms with Gasteiger partial charge in [-0.3, -0.25) is 9.48 Å². The number of aryl methyl sites for hydroxylation is 1. The van der Waals surface area contributed by atoms with E-state index in [-0.39, 0.29) is 11.9 Å². The lowest BCUT2D eigenvalue weighted by Gasteiger charge is -2.18. The van der Waals surface area contributed by atoms with E-state index in [9.17, 15) is 4.79 Å². The maximum absolute atomic E-state index is 12.2. The number of carbonyl (C=O) groups excluding carboxylic acids is 1. The molecule has 100 valence electrons. The smallest absolute Gasteiger partial charge is 0.271 e. The van der Waals surface area contributed by atoms with Crippen LogP contribution in [0.15, 0.2) is 6.20 Å². The monoisotopic (exact) mass is 250 g/mol. The molecule has 1 fully saturated rings. The van der Waals surface area contributed by atoms with Gasteiger partial charge in [-0.25, -0.2) is 0 Å². The van der Waals surface area contributed by atoms with Crippen molar-refractivity contribution < 1.29 is 4.79 Å². The van der Waals surface area contributed by atoms with Crippen LogP contribution in [-0.4, -0.2) is 21.7 Å². The van der Waals surface area contributed by atoms with E-state index in [1.807, 2.05) is 6.92 Å². The molecule has 1 aliphatic carbocycles. The number of amides is 1. The molecular formula is C13H22N4O. The van der Waals surface area contributed by atoms with Crippen LogP contribution >= 0.6 is 0 Å². The first kappa shape index (κ1) is 12.9. The van der Waals surface area contributed by atoms with Gasteiger partial charge in [-0.15, -0.1) is 0 Å². The molecule has 5 heteroatoms. The van der Waals surface area contributed by atoms with Crippen LogP contribution in [0.4, 0.5) is 5.69 Å². The molecule has 0 spiro atoms. The highest BCUT2D eigenvalue weighted by molar-refractivity contribution is 5.97. The highest BCUT2D eigenvalue weighted by Gasteiger charge is 2.32. The Bertz CT molecular complexity index is 450. The van der Waals surface area contributed by atoms with Crippen LogP contribution in [0.2, 0.25) is 0 Å². The zero-order valence-corrected chi connectivity index (χ0v) is 11.4. The lowest BCUT2D eigenvalue weighted by molar-refractivity contribution is 0.0926. The zero-order valence-electron chi connectivity index (χ0n) is 11.4. The van der Waals surface area contributed by atoms with Crippen LogP contribution in [0.25, 0.3) is 0 Å². The van der Waals surface area contributed by atoms with Crippen LogP contribution < -0.4 is 11.1 Å². The predicted molar refractivity (Wildman–Crippen MR) is 71.2 cm³/mol. The lowest BCUT2D eigenvalue weighted by atomic mass is 9.92. The van der Waals surface area contributed by atoms with Crippen molar-refractivity contribution in [2.24, 2.45) is 5.41 Å². The molecule has 1 aromatic heterocycles. The number of aromatic nitrogens is 2. The Morgan fingerprint density at radius 2 is 2.39 bits per heavy atom. The second-order valence-electron chi connectivity index (χ2n) is 5.84. The van der Waals surface area contributed by atoms with Crippen LogP contribution in [0.1, 0.15) is 50.5 Å². The molecule has 0 saturated heterocycles. The molecule has 1 amide bonds. The number of nitrogens with two attached hydrogens (primary N) is 1. The predicted octanol–water partition coefficient (Wildman–Crippen LogP) is 1.79. The summed E-state index contributed by atoms with van der Waals surface area (Å²) in [5.41, 5.74) is 7.07. The fourth-order valence-electron chi connectivity index (χ4n) is 2.70. The number of hydrogen-bond acceptors (Lipinski definition) is 3. The third-order valence-corrected chi connectivity index (χ3v) is 3.69. The zero-order chi connectivity index (χ0) is 13.3. The summed E-state index contributed by atoms with van der Waals surface area (Å²) in [5, 5.41) is 7.16. The van der Waals surface area contributed by atoms with Gasteiger partial charge in [-0.05, 0) is 31.6 Å². The Balaban J connectivity index is 2.06. The molecule has 3 N–H and O–H groups in total. The van der Waals surface area contributed by atoms with Gasteiger partial charge in [-0.1, -0.05) is 13.8 Å². The Labute approximate surface area is 108 Å². The summed E-state index contributed by atoms with van der Waals surface area (Å²) in [5.74, 6) is -0.102. The van der Waals surface area contributed by atoms with Gasteiger partial charge in [0.25, 0.3) is 5.91 Å². The number of rotatable bonds is 3. The van der Waals surface area contributed by atoms with Crippen molar-refractivity contribution in [3.63, 3.8) is 0 Å². The van der Waals surface area contributed by atoms with E-state index in [2.05, 4.69) is 24.3 Å². The number of nitrogen functional groups attached to an aromatic ring is 1.